The standard InChI is InChI=1S/C5H13BO3/c1-5(2,3-7)4-9-6-8/h6-8H,3-4H2,1-2H3. The summed E-state index contributed by atoms with van der Waals surface area (Å²) in [5.41, 5.74) is -0.233. The lowest BCUT2D eigenvalue weighted by Crippen LogP contribution is -2.24. The zero-order valence-corrected chi connectivity index (χ0v) is 5.92. The molecule has 0 spiro atoms. The van der Waals surface area contributed by atoms with Gasteiger partial charge in [0.25, 0.3) is 0 Å². The molecule has 0 heterocycles. The van der Waals surface area contributed by atoms with Crippen molar-refractivity contribution in [1.82, 2.24) is 0 Å². The third-order valence-electron chi connectivity index (χ3n) is 1.01. The van der Waals surface area contributed by atoms with Crippen molar-refractivity contribution >= 4 is 7.69 Å². The van der Waals surface area contributed by atoms with Gasteiger partial charge >= 0.3 is 7.69 Å². The monoisotopic (exact) mass is 132 g/mol. The molecule has 4 heteroatoms. The van der Waals surface area contributed by atoms with E-state index in [1.54, 1.807) is 0 Å². The maximum atomic E-state index is 8.66. The van der Waals surface area contributed by atoms with Crippen LogP contribution in [0.3, 0.4) is 0 Å². The van der Waals surface area contributed by atoms with Crippen LogP contribution in [0, 0.1) is 5.41 Å². The number of hydrogen-bond acceptors (Lipinski definition) is 3. The molecule has 0 aromatic heterocycles. The van der Waals surface area contributed by atoms with Gasteiger partial charge < -0.3 is 14.8 Å². The Hall–Kier alpha value is -0.0551. The molecule has 0 aromatic rings. The van der Waals surface area contributed by atoms with Crippen LogP contribution in [-0.4, -0.2) is 31.0 Å². The van der Waals surface area contributed by atoms with Gasteiger partial charge in [-0.2, -0.15) is 0 Å². The fourth-order valence-corrected chi connectivity index (χ4v) is 0.368. The van der Waals surface area contributed by atoms with Gasteiger partial charge in [-0.3, -0.25) is 0 Å². The molecule has 9 heavy (non-hydrogen) atoms. The summed E-state index contributed by atoms with van der Waals surface area (Å²) < 4.78 is 4.68. The van der Waals surface area contributed by atoms with Crippen molar-refractivity contribution in [3.8, 4) is 0 Å². The van der Waals surface area contributed by atoms with Gasteiger partial charge in [0.05, 0.1) is 6.61 Å². The van der Waals surface area contributed by atoms with Crippen LogP contribution < -0.4 is 0 Å². The zero-order chi connectivity index (χ0) is 7.33. The van der Waals surface area contributed by atoms with Crippen molar-refractivity contribution in [1.29, 1.82) is 0 Å². The quantitative estimate of drug-likeness (QED) is 0.496. The molecule has 2 N–H and O–H groups in total. The summed E-state index contributed by atoms with van der Waals surface area (Å²) in [7, 11) is -0.274. The summed E-state index contributed by atoms with van der Waals surface area (Å²) in [5.74, 6) is 0. The lowest BCUT2D eigenvalue weighted by Gasteiger charge is -2.20. The first-order chi connectivity index (χ1) is 4.12. The van der Waals surface area contributed by atoms with Gasteiger partial charge in [0, 0.05) is 12.0 Å². The van der Waals surface area contributed by atoms with Gasteiger partial charge in [0.1, 0.15) is 0 Å². The maximum Gasteiger partial charge on any atom is 0.435 e. The molecule has 0 saturated heterocycles. The Kier molecular flexibility index (Phi) is 3.85. The number of aliphatic hydroxyl groups excluding tert-OH is 1. The zero-order valence-electron chi connectivity index (χ0n) is 5.92. The molecule has 0 saturated carbocycles. The lowest BCUT2D eigenvalue weighted by molar-refractivity contribution is 0.0920. The molecule has 3 nitrogen and oxygen atoms in total. The molecular weight excluding hydrogens is 119 g/mol. The van der Waals surface area contributed by atoms with Crippen LogP contribution in [0.5, 0.6) is 0 Å². The van der Waals surface area contributed by atoms with Crippen LogP contribution in [0.2, 0.25) is 0 Å². The van der Waals surface area contributed by atoms with Gasteiger partial charge in [0.2, 0.25) is 0 Å². The first kappa shape index (κ1) is 8.94. The van der Waals surface area contributed by atoms with E-state index in [9.17, 15) is 0 Å². The summed E-state index contributed by atoms with van der Waals surface area (Å²) >= 11 is 0. The average molecular weight is 132 g/mol. The van der Waals surface area contributed by atoms with Crippen molar-refractivity contribution in [3.63, 3.8) is 0 Å². The summed E-state index contributed by atoms with van der Waals surface area (Å²) in [6.45, 7) is 4.19. The van der Waals surface area contributed by atoms with Crippen LogP contribution in [0.15, 0.2) is 0 Å². The van der Waals surface area contributed by atoms with Gasteiger partial charge in [-0.25, -0.2) is 0 Å². The largest absolute Gasteiger partial charge is 0.435 e. The Morgan fingerprint density at radius 3 is 2.44 bits per heavy atom. The topological polar surface area (TPSA) is 49.7 Å². The van der Waals surface area contributed by atoms with E-state index in [1.165, 1.54) is 0 Å². The smallest absolute Gasteiger partial charge is 0.430 e. The third kappa shape index (κ3) is 4.45. The first-order valence-electron chi connectivity index (χ1n) is 2.92. The Morgan fingerprint density at radius 2 is 2.11 bits per heavy atom. The molecule has 0 aliphatic heterocycles. The summed E-state index contributed by atoms with van der Waals surface area (Å²) in [6, 6.07) is 0. The highest BCUT2D eigenvalue weighted by Crippen LogP contribution is 2.12. The molecule has 0 amide bonds. The molecule has 0 aromatic carbocycles. The Labute approximate surface area is 56.0 Å². The van der Waals surface area contributed by atoms with E-state index in [0.717, 1.165) is 0 Å². The molecule has 0 unspecified atom stereocenters. The second-order valence-corrected chi connectivity index (χ2v) is 2.80. The Bertz CT molecular complexity index is 74.6. The molecular formula is C5H13BO3. The number of aliphatic hydroxyl groups is 1. The van der Waals surface area contributed by atoms with Crippen LogP contribution >= 0.6 is 0 Å². The molecule has 54 valence electrons. The van der Waals surface area contributed by atoms with Crippen molar-refractivity contribution in [3.05, 3.63) is 0 Å². The first-order valence-corrected chi connectivity index (χ1v) is 2.92. The van der Waals surface area contributed by atoms with E-state index in [0.29, 0.717) is 6.61 Å². The SMILES string of the molecule is CC(C)(CO)COBO. The van der Waals surface area contributed by atoms with E-state index in [2.05, 4.69) is 4.65 Å². The van der Waals surface area contributed by atoms with Crippen molar-refractivity contribution in [2.45, 2.75) is 13.8 Å². The number of hydrogen-bond donors (Lipinski definition) is 2. The van der Waals surface area contributed by atoms with Crippen LogP contribution in [-0.2, 0) is 4.65 Å². The maximum absolute atomic E-state index is 8.66. The summed E-state index contributed by atoms with van der Waals surface area (Å²) in [5, 5.41) is 16.9. The van der Waals surface area contributed by atoms with E-state index in [1.807, 2.05) is 13.8 Å². The van der Waals surface area contributed by atoms with Crippen molar-refractivity contribution < 1.29 is 14.8 Å². The fraction of sp³-hybridized carbons (Fsp3) is 1.00. The lowest BCUT2D eigenvalue weighted by atomic mass is 9.96. The summed E-state index contributed by atoms with van der Waals surface area (Å²) in [6.07, 6.45) is 0. The average Bonchev–Trinajstić information content (AvgIpc) is 1.84. The minimum atomic E-state index is -0.274. The van der Waals surface area contributed by atoms with E-state index in [4.69, 9.17) is 10.1 Å². The van der Waals surface area contributed by atoms with Crippen molar-refractivity contribution in [2.24, 2.45) is 5.41 Å². The molecule has 0 aliphatic carbocycles. The highest BCUT2D eigenvalue weighted by atomic mass is 16.5. The van der Waals surface area contributed by atoms with E-state index >= 15 is 0 Å². The van der Waals surface area contributed by atoms with Gasteiger partial charge in [0.15, 0.2) is 0 Å². The van der Waals surface area contributed by atoms with Crippen LogP contribution in [0.25, 0.3) is 0 Å². The van der Waals surface area contributed by atoms with Crippen LogP contribution in [0.4, 0.5) is 0 Å². The molecule has 0 fully saturated rings. The fourth-order valence-electron chi connectivity index (χ4n) is 0.368. The molecule has 0 aliphatic rings. The normalized spacial score (nSPS) is 11.6. The summed E-state index contributed by atoms with van der Waals surface area (Å²) in [4.78, 5) is 0. The minimum absolute atomic E-state index is 0.0764. The van der Waals surface area contributed by atoms with Gasteiger partial charge in [-0.1, -0.05) is 13.8 Å². The van der Waals surface area contributed by atoms with E-state index < -0.39 is 0 Å². The number of rotatable bonds is 4. The Morgan fingerprint density at radius 1 is 1.56 bits per heavy atom. The van der Waals surface area contributed by atoms with Gasteiger partial charge in [-0.15, -0.1) is 0 Å². The van der Waals surface area contributed by atoms with E-state index in [-0.39, 0.29) is 19.7 Å². The predicted molar refractivity (Wildman–Crippen MR) is 36.2 cm³/mol. The molecule has 0 radical (unpaired) electrons. The second kappa shape index (κ2) is 3.87. The van der Waals surface area contributed by atoms with Crippen LogP contribution in [0.1, 0.15) is 13.8 Å². The molecule has 0 rings (SSSR count). The predicted octanol–water partition coefficient (Wildman–Crippen LogP) is -0.720. The third-order valence-corrected chi connectivity index (χ3v) is 1.01. The molecule has 0 bridgehead atoms. The Balaban J connectivity index is 3.33. The minimum Gasteiger partial charge on any atom is -0.430 e. The van der Waals surface area contributed by atoms with Crippen molar-refractivity contribution in [2.75, 3.05) is 13.2 Å². The molecule has 0 atom stereocenters. The van der Waals surface area contributed by atoms with Gasteiger partial charge in [-0.05, 0) is 0 Å². The highest BCUT2D eigenvalue weighted by molar-refractivity contribution is 6.15. The highest BCUT2D eigenvalue weighted by Gasteiger charge is 2.15. The second-order valence-electron chi connectivity index (χ2n) is 2.80.